The average Bonchev–Trinajstić information content (AvgIpc) is 3.76. The quantitative estimate of drug-likeness (QED) is 0.166. The van der Waals surface area contributed by atoms with E-state index in [9.17, 15) is 0 Å². The lowest BCUT2D eigenvalue weighted by atomic mass is 9.70. The molecular formula is C53H32N4. The SMILES string of the molecule is [C-]#[N+]c1ccc2c(c1)-c1cc(-c3cccc(-c4nc(-c5ccccc5)nc(-c5ccccc5-c5ccccc5)n4)c3)ccc1C21c2ccccc2-c2ccccc21. The third kappa shape index (κ3) is 5.03. The lowest BCUT2D eigenvalue weighted by Crippen LogP contribution is -2.25. The summed E-state index contributed by atoms with van der Waals surface area (Å²) in [6, 6.07) is 67.9. The predicted octanol–water partition coefficient (Wildman–Crippen LogP) is 13.1. The van der Waals surface area contributed by atoms with Crippen molar-refractivity contribution in [1.29, 1.82) is 0 Å². The van der Waals surface area contributed by atoms with Crippen LogP contribution in [0.2, 0.25) is 0 Å². The van der Waals surface area contributed by atoms with Crippen LogP contribution in [0.3, 0.4) is 0 Å². The molecule has 1 aromatic heterocycles. The molecule has 0 unspecified atom stereocenters. The zero-order valence-corrected chi connectivity index (χ0v) is 30.8. The van der Waals surface area contributed by atoms with Gasteiger partial charge in [0.25, 0.3) is 0 Å². The second kappa shape index (κ2) is 12.9. The fraction of sp³-hybridized carbons (Fsp3) is 0.0189. The van der Waals surface area contributed by atoms with Crippen LogP contribution >= 0.6 is 0 Å². The summed E-state index contributed by atoms with van der Waals surface area (Å²) in [5.41, 5.74) is 17.0. The van der Waals surface area contributed by atoms with Crippen molar-refractivity contribution in [1.82, 2.24) is 15.0 Å². The molecule has 8 aromatic carbocycles. The summed E-state index contributed by atoms with van der Waals surface area (Å²) in [5, 5.41) is 0. The molecule has 0 amide bonds. The van der Waals surface area contributed by atoms with E-state index >= 15 is 0 Å². The van der Waals surface area contributed by atoms with E-state index in [1.54, 1.807) is 0 Å². The number of fused-ring (bicyclic) bond motifs is 10. The van der Waals surface area contributed by atoms with Gasteiger partial charge in [0.05, 0.1) is 12.0 Å². The van der Waals surface area contributed by atoms with Crippen molar-refractivity contribution < 1.29 is 0 Å². The summed E-state index contributed by atoms with van der Waals surface area (Å²) in [6.45, 7) is 7.91. The summed E-state index contributed by atoms with van der Waals surface area (Å²) in [4.78, 5) is 19.2. The van der Waals surface area contributed by atoms with Gasteiger partial charge in [-0.15, -0.1) is 0 Å². The van der Waals surface area contributed by atoms with Crippen molar-refractivity contribution in [3.8, 4) is 78.7 Å². The minimum absolute atomic E-state index is 0.468. The minimum atomic E-state index is -0.468. The zero-order valence-electron chi connectivity index (χ0n) is 30.8. The summed E-state index contributed by atoms with van der Waals surface area (Å²) < 4.78 is 0. The summed E-state index contributed by atoms with van der Waals surface area (Å²) >= 11 is 0. The fourth-order valence-electron chi connectivity index (χ4n) is 9.11. The van der Waals surface area contributed by atoms with Crippen LogP contribution in [0, 0.1) is 6.57 Å². The van der Waals surface area contributed by atoms with E-state index in [2.05, 4.69) is 150 Å². The van der Waals surface area contributed by atoms with Crippen molar-refractivity contribution in [3.05, 3.63) is 228 Å². The minimum Gasteiger partial charge on any atom is -0.238 e. The summed E-state index contributed by atoms with van der Waals surface area (Å²) in [7, 11) is 0. The number of aromatic nitrogens is 3. The highest BCUT2D eigenvalue weighted by atomic mass is 15.0. The Labute approximate surface area is 331 Å². The molecule has 2 aliphatic rings. The van der Waals surface area contributed by atoms with Crippen LogP contribution < -0.4 is 0 Å². The Kier molecular flexibility index (Phi) is 7.42. The van der Waals surface area contributed by atoms with Crippen LogP contribution in [-0.4, -0.2) is 15.0 Å². The second-order valence-corrected chi connectivity index (χ2v) is 14.6. The Hall–Kier alpha value is -7.74. The maximum absolute atomic E-state index is 7.91. The molecule has 264 valence electrons. The predicted molar refractivity (Wildman–Crippen MR) is 230 cm³/mol. The molecule has 0 aliphatic heterocycles. The first-order valence-corrected chi connectivity index (χ1v) is 19.1. The Morgan fingerprint density at radius 1 is 0.316 bits per heavy atom. The number of benzene rings is 8. The molecule has 0 bridgehead atoms. The number of rotatable bonds is 5. The number of nitrogens with zero attached hydrogens (tertiary/aromatic N) is 4. The van der Waals surface area contributed by atoms with Gasteiger partial charge in [-0.2, -0.15) is 0 Å². The molecule has 2 aliphatic carbocycles. The molecule has 0 fully saturated rings. The smallest absolute Gasteiger partial charge is 0.187 e. The lowest BCUT2D eigenvalue weighted by Gasteiger charge is -2.30. The highest BCUT2D eigenvalue weighted by Gasteiger charge is 2.51. The van der Waals surface area contributed by atoms with E-state index in [1.165, 1.54) is 33.4 Å². The summed E-state index contributed by atoms with van der Waals surface area (Å²) in [5.74, 6) is 1.85. The van der Waals surface area contributed by atoms with Crippen molar-refractivity contribution in [2.24, 2.45) is 0 Å². The third-order valence-corrected chi connectivity index (χ3v) is 11.6. The molecule has 0 saturated carbocycles. The van der Waals surface area contributed by atoms with Crippen molar-refractivity contribution in [3.63, 3.8) is 0 Å². The van der Waals surface area contributed by atoms with Crippen LogP contribution in [0.4, 0.5) is 5.69 Å². The topological polar surface area (TPSA) is 43.0 Å². The van der Waals surface area contributed by atoms with Gasteiger partial charge in [-0.25, -0.2) is 19.8 Å². The molecule has 11 rings (SSSR count). The zero-order chi connectivity index (χ0) is 37.9. The molecule has 0 atom stereocenters. The molecule has 0 N–H and O–H groups in total. The molecule has 0 saturated heterocycles. The number of hydrogen-bond donors (Lipinski definition) is 0. The van der Waals surface area contributed by atoms with E-state index in [1.807, 2.05) is 48.5 Å². The maximum atomic E-state index is 7.91. The Bertz CT molecular complexity index is 3040. The van der Waals surface area contributed by atoms with E-state index in [0.717, 1.165) is 50.1 Å². The lowest BCUT2D eigenvalue weighted by molar-refractivity contribution is 0.794. The van der Waals surface area contributed by atoms with E-state index in [4.69, 9.17) is 21.5 Å². The Morgan fingerprint density at radius 2 is 0.789 bits per heavy atom. The molecule has 9 aromatic rings. The Balaban J connectivity index is 1.08. The van der Waals surface area contributed by atoms with Crippen LogP contribution in [0.5, 0.6) is 0 Å². The maximum Gasteiger partial charge on any atom is 0.187 e. The van der Waals surface area contributed by atoms with E-state index in [-0.39, 0.29) is 0 Å². The second-order valence-electron chi connectivity index (χ2n) is 14.6. The van der Waals surface area contributed by atoms with Crippen LogP contribution in [-0.2, 0) is 5.41 Å². The van der Waals surface area contributed by atoms with Gasteiger partial charge in [0.1, 0.15) is 0 Å². The van der Waals surface area contributed by atoms with Crippen molar-refractivity contribution in [2.75, 3.05) is 0 Å². The van der Waals surface area contributed by atoms with Gasteiger partial charge in [0, 0.05) is 16.7 Å². The standard InChI is InChI=1S/C53H32N4/c1-54-39-28-30-49-45(33-39)44-32-37(27-29-48(44)53(49)46-25-12-10-22-41(46)42-23-11-13-26-47(42)53)36-19-14-20-38(31-36)51-55-50(35-17-6-3-7-18-35)56-52(57-51)43-24-9-8-21-40(43)34-15-4-2-5-16-34/h2-33H. The van der Waals surface area contributed by atoms with Gasteiger partial charge >= 0.3 is 0 Å². The molecule has 4 nitrogen and oxygen atoms in total. The largest absolute Gasteiger partial charge is 0.238 e. The molecule has 57 heavy (non-hydrogen) atoms. The highest BCUT2D eigenvalue weighted by Crippen LogP contribution is 2.63. The van der Waals surface area contributed by atoms with Crippen molar-refractivity contribution >= 4 is 5.69 Å². The van der Waals surface area contributed by atoms with Crippen LogP contribution in [0.25, 0.3) is 83.5 Å². The van der Waals surface area contributed by atoms with Gasteiger partial charge in [0.2, 0.25) is 0 Å². The molecule has 1 spiro atoms. The first-order valence-electron chi connectivity index (χ1n) is 19.1. The van der Waals surface area contributed by atoms with Gasteiger partial charge in [-0.1, -0.05) is 176 Å². The highest BCUT2D eigenvalue weighted by molar-refractivity contribution is 5.97. The first kappa shape index (κ1) is 32.7. The molecule has 0 radical (unpaired) electrons. The molecular weight excluding hydrogens is 693 g/mol. The molecule has 1 heterocycles. The van der Waals surface area contributed by atoms with Crippen molar-refractivity contribution in [2.45, 2.75) is 5.41 Å². The van der Waals surface area contributed by atoms with Gasteiger partial charge < -0.3 is 0 Å². The van der Waals surface area contributed by atoms with Gasteiger partial charge in [-0.3, -0.25) is 0 Å². The fourth-order valence-corrected chi connectivity index (χ4v) is 9.11. The summed E-state index contributed by atoms with van der Waals surface area (Å²) in [6.07, 6.45) is 0. The monoisotopic (exact) mass is 724 g/mol. The van der Waals surface area contributed by atoms with Crippen LogP contribution in [0.15, 0.2) is 194 Å². The van der Waals surface area contributed by atoms with E-state index < -0.39 is 5.41 Å². The average molecular weight is 725 g/mol. The number of hydrogen-bond acceptors (Lipinski definition) is 3. The van der Waals surface area contributed by atoms with Gasteiger partial charge in [-0.05, 0) is 85.0 Å². The third-order valence-electron chi connectivity index (χ3n) is 11.6. The normalized spacial score (nSPS) is 12.7. The van der Waals surface area contributed by atoms with Crippen LogP contribution in [0.1, 0.15) is 22.3 Å². The Morgan fingerprint density at radius 3 is 1.47 bits per heavy atom. The van der Waals surface area contributed by atoms with Gasteiger partial charge in [0.15, 0.2) is 23.2 Å². The van der Waals surface area contributed by atoms with E-state index in [0.29, 0.717) is 23.2 Å². The first-order chi connectivity index (χ1) is 28.2. The molecule has 4 heteroatoms.